The molecule has 0 aliphatic carbocycles. The molecular formula is C19H23N5O4. The number of hydrogen-bond donors (Lipinski definition) is 1. The zero-order valence-corrected chi connectivity index (χ0v) is 15.6. The van der Waals surface area contributed by atoms with Crippen molar-refractivity contribution >= 4 is 17.0 Å². The fraction of sp³-hybridized carbons (Fsp3) is 0.474. The summed E-state index contributed by atoms with van der Waals surface area (Å²) < 4.78 is 9.86. The number of oxazole rings is 1. The molecule has 0 spiro atoms. The molecule has 0 unspecified atom stereocenters. The van der Waals surface area contributed by atoms with E-state index in [1.807, 2.05) is 6.07 Å². The highest BCUT2D eigenvalue weighted by atomic mass is 16.4. The average molecular weight is 385 g/mol. The minimum Gasteiger partial charge on any atom is -0.408 e. The molecule has 1 amide bonds. The van der Waals surface area contributed by atoms with Crippen LogP contribution in [-0.2, 0) is 30.8 Å². The number of fused-ring (bicyclic) bond motifs is 2. The Labute approximate surface area is 160 Å². The number of hydrogen-bond acceptors (Lipinski definition) is 5. The molecule has 9 nitrogen and oxygen atoms in total. The van der Waals surface area contributed by atoms with Crippen LogP contribution < -0.4 is 16.8 Å². The zero-order valence-electron chi connectivity index (χ0n) is 15.6. The fourth-order valence-corrected chi connectivity index (χ4v) is 3.58. The van der Waals surface area contributed by atoms with Gasteiger partial charge in [-0.25, -0.2) is 14.3 Å². The first-order chi connectivity index (χ1) is 13.6. The molecule has 3 heterocycles. The van der Waals surface area contributed by atoms with Gasteiger partial charge < -0.3 is 9.73 Å². The number of carbonyl (C=O) groups excluding carboxylic acids is 1. The maximum Gasteiger partial charge on any atom is 0.419 e. The van der Waals surface area contributed by atoms with E-state index in [0.717, 1.165) is 31.6 Å². The van der Waals surface area contributed by atoms with Crippen LogP contribution >= 0.6 is 0 Å². The molecule has 1 N–H and O–H groups in total. The van der Waals surface area contributed by atoms with Gasteiger partial charge >= 0.3 is 11.4 Å². The van der Waals surface area contributed by atoms with E-state index in [-0.39, 0.29) is 24.6 Å². The number of aromatic nitrogens is 4. The maximum absolute atomic E-state index is 12.2. The van der Waals surface area contributed by atoms with Gasteiger partial charge in [-0.1, -0.05) is 12.1 Å². The lowest BCUT2D eigenvalue weighted by atomic mass is 10.2. The van der Waals surface area contributed by atoms with Gasteiger partial charge in [0.2, 0.25) is 5.91 Å². The highest BCUT2D eigenvalue weighted by Gasteiger charge is 2.16. The monoisotopic (exact) mass is 385 g/mol. The normalized spacial score (nSPS) is 13.6. The fourth-order valence-electron chi connectivity index (χ4n) is 3.58. The number of benzene rings is 1. The number of rotatable bonds is 7. The third kappa shape index (κ3) is 3.64. The van der Waals surface area contributed by atoms with Crippen LogP contribution in [0.1, 0.15) is 31.5 Å². The molecule has 148 valence electrons. The Morgan fingerprint density at radius 3 is 2.89 bits per heavy atom. The van der Waals surface area contributed by atoms with Gasteiger partial charge in [0.15, 0.2) is 5.58 Å². The Kier molecular flexibility index (Phi) is 5.14. The molecule has 9 heteroatoms. The summed E-state index contributed by atoms with van der Waals surface area (Å²) in [6, 6.07) is 7.14. The van der Waals surface area contributed by atoms with Crippen LogP contribution in [0.5, 0.6) is 0 Å². The Hall–Kier alpha value is -3.10. The molecule has 1 aliphatic rings. The van der Waals surface area contributed by atoms with Crippen LogP contribution in [-0.4, -0.2) is 31.4 Å². The molecule has 0 saturated heterocycles. The summed E-state index contributed by atoms with van der Waals surface area (Å²) >= 11 is 0. The van der Waals surface area contributed by atoms with Crippen molar-refractivity contribution in [3.8, 4) is 0 Å². The molecule has 0 fully saturated rings. The summed E-state index contributed by atoms with van der Waals surface area (Å²) in [5.74, 6) is 0.254. The lowest BCUT2D eigenvalue weighted by Crippen LogP contribution is -2.30. The van der Waals surface area contributed by atoms with Crippen molar-refractivity contribution in [1.29, 1.82) is 0 Å². The highest BCUT2D eigenvalue weighted by molar-refractivity contribution is 5.76. The second-order valence-corrected chi connectivity index (χ2v) is 6.97. The van der Waals surface area contributed by atoms with Gasteiger partial charge in [-0.15, -0.1) is 0 Å². The third-order valence-electron chi connectivity index (χ3n) is 5.04. The second-order valence-electron chi connectivity index (χ2n) is 6.97. The van der Waals surface area contributed by atoms with E-state index in [0.29, 0.717) is 30.6 Å². The number of nitrogens with zero attached hydrogens (tertiary/aromatic N) is 4. The first-order valence-electron chi connectivity index (χ1n) is 9.65. The van der Waals surface area contributed by atoms with Crippen LogP contribution in [0.25, 0.3) is 11.1 Å². The Morgan fingerprint density at radius 2 is 2.04 bits per heavy atom. The summed E-state index contributed by atoms with van der Waals surface area (Å²) in [5, 5.41) is 7.21. The largest absolute Gasteiger partial charge is 0.419 e. The van der Waals surface area contributed by atoms with E-state index >= 15 is 0 Å². The van der Waals surface area contributed by atoms with E-state index in [1.165, 1.54) is 9.25 Å². The van der Waals surface area contributed by atoms with Crippen molar-refractivity contribution in [1.82, 2.24) is 24.2 Å². The molecule has 28 heavy (non-hydrogen) atoms. The summed E-state index contributed by atoms with van der Waals surface area (Å²) in [6.07, 6.45) is 3.74. The molecule has 3 aromatic rings. The van der Waals surface area contributed by atoms with Crippen molar-refractivity contribution in [2.45, 2.75) is 51.7 Å². The first kappa shape index (κ1) is 18.3. The van der Waals surface area contributed by atoms with Crippen LogP contribution in [0.4, 0.5) is 0 Å². The minimum absolute atomic E-state index is 0.0627. The van der Waals surface area contributed by atoms with E-state index in [9.17, 15) is 14.4 Å². The summed E-state index contributed by atoms with van der Waals surface area (Å²) in [7, 11) is 0. The SMILES string of the molecule is O=C(CCn1c(=O)oc2ccccc21)NCCCn1nc2n(c1=O)CCCC2. The molecule has 0 atom stereocenters. The van der Waals surface area contributed by atoms with Crippen LogP contribution in [0.3, 0.4) is 0 Å². The lowest BCUT2D eigenvalue weighted by Gasteiger charge is -2.09. The first-order valence-corrected chi connectivity index (χ1v) is 9.65. The highest BCUT2D eigenvalue weighted by Crippen LogP contribution is 2.12. The molecule has 1 aromatic carbocycles. The topological polar surface area (TPSA) is 104 Å². The summed E-state index contributed by atoms with van der Waals surface area (Å²) in [4.78, 5) is 36.2. The van der Waals surface area contributed by atoms with Crippen LogP contribution in [0.15, 0.2) is 38.3 Å². The van der Waals surface area contributed by atoms with E-state index in [1.54, 1.807) is 22.8 Å². The van der Waals surface area contributed by atoms with Crippen molar-refractivity contribution in [3.63, 3.8) is 0 Å². The number of para-hydroxylation sites is 2. The van der Waals surface area contributed by atoms with Crippen molar-refractivity contribution in [2.75, 3.05) is 6.54 Å². The van der Waals surface area contributed by atoms with Crippen LogP contribution in [0.2, 0.25) is 0 Å². The van der Waals surface area contributed by atoms with Gasteiger partial charge in [0.05, 0.1) is 5.52 Å². The molecule has 2 aromatic heterocycles. The summed E-state index contributed by atoms with van der Waals surface area (Å²) in [6.45, 7) is 1.93. The summed E-state index contributed by atoms with van der Waals surface area (Å²) in [5.41, 5.74) is 1.14. The Bertz CT molecular complexity index is 1100. The smallest absolute Gasteiger partial charge is 0.408 e. The third-order valence-corrected chi connectivity index (χ3v) is 5.04. The van der Waals surface area contributed by atoms with Gasteiger partial charge in [-0.05, 0) is 31.4 Å². The number of amides is 1. The van der Waals surface area contributed by atoms with Crippen molar-refractivity contribution in [3.05, 3.63) is 51.1 Å². The van der Waals surface area contributed by atoms with Gasteiger partial charge in [0, 0.05) is 39.0 Å². The van der Waals surface area contributed by atoms with Crippen molar-refractivity contribution in [2.24, 2.45) is 0 Å². The van der Waals surface area contributed by atoms with Gasteiger partial charge in [0.25, 0.3) is 0 Å². The lowest BCUT2D eigenvalue weighted by molar-refractivity contribution is -0.121. The maximum atomic E-state index is 12.2. The minimum atomic E-state index is -0.461. The van der Waals surface area contributed by atoms with Crippen LogP contribution in [0, 0.1) is 0 Å². The molecule has 0 bridgehead atoms. The zero-order chi connectivity index (χ0) is 19.5. The number of aryl methyl sites for hydroxylation is 3. The van der Waals surface area contributed by atoms with Gasteiger partial charge in [-0.2, -0.15) is 5.10 Å². The standard InChI is InChI=1S/C19H23N5O4/c25-17(9-13-22-14-6-1-2-7-15(14)28-19(22)27)20-10-5-12-24-18(26)23-11-4-3-8-16(23)21-24/h1-2,6-7H,3-5,8-13H2,(H,20,25). The number of nitrogens with one attached hydrogen (secondary N) is 1. The predicted octanol–water partition coefficient (Wildman–Crippen LogP) is 0.886. The van der Waals surface area contributed by atoms with Gasteiger partial charge in [0.1, 0.15) is 5.82 Å². The second kappa shape index (κ2) is 7.87. The van der Waals surface area contributed by atoms with Crippen molar-refractivity contribution < 1.29 is 9.21 Å². The molecular weight excluding hydrogens is 362 g/mol. The van der Waals surface area contributed by atoms with Gasteiger partial charge in [-0.3, -0.25) is 13.9 Å². The van der Waals surface area contributed by atoms with E-state index in [4.69, 9.17) is 4.42 Å². The molecule has 0 saturated carbocycles. The Morgan fingerprint density at radius 1 is 1.18 bits per heavy atom. The predicted molar refractivity (Wildman–Crippen MR) is 102 cm³/mol. The van der Waals surface area contributed by atoms with E-state index < -0.39 is 5.76 Å². The van der Waals surface area contributed by atoms with E-state index in [2.05, 4.69) is 10.4 Å². The molecule has 0 radical (unpaired) electrons. The average Bonchev–Trinajstić information content (AvgIpc) is 3.20. The quantitative estimate of drug-likeness (QED) is 0.608. The Balaban J connectivity index is 1.25. The molecule has 1 aliphatic heterocycles. The molecule has 4 rings (SSSR count). The number of carbonyl (C=O) groups is 1.